The van der Waals surface area contributed by atoms with Crippen molar-refractivity contribution >= 4 is 38.4 Å². The maximum atomic E-state index is 11.7. The van der Waals surface area contributed by atoms with E-state index < -0.39 is 17.8 Å². The van der Waals surface area contributed by atoms with E-state index in [-0.39, 0.29) is 0 Å². The van der Waals surface area contributed by atoms with Crippen LogP contribution in [0.25, 0.3) is 10.2 Å². The van der Waals surface area contributed by atoms with Crippen LogP contribution in [0.2, 0.25) is 0 Å². The number of thiazole rings is 1. The lowest BCUT2D eigenvalue weighted by Gasteiger charge is -2.20. The summed E-state index contributed by atoms with van der Waals surface area (Å²) in [6.07, 6.45) is 1.40. The molecule has 3 rings (SSSR count). The smallest absolute Gasteiger partial charge is 0.374 e. The summed E-state index contributed by atoms with van der Waals surface area (Å²) in [5.74, 6) is -2.10. The minimum absolute atomic E-state index is 0.571. The predicted molar refractivity (Wildman–Crippen MR) is 72.6 cm³/mol. The SMILES string of the molecule is O=C(O)C(=O)C1CCCN1c1nc2ccccc2s1. The van der Waals surface area contributed by atoms with Crippen LogP contribution >= 0.6 is 11.3 Å². The molecule has 0 bridgehead atoms. The third-order valence-electron chi connectivity index (χ3n) is 3.29. The molecule has 1 fully saturated rings. The standard InChI is InChI=1S/C13H12N2O3S/c16-11(12(17)18)9-5-3-7-15(9)13-14-8-4-1-2-6-10(8)19-13/h1-2,4,6,9H,3,5,7H2,(H,17,18). The first-order chi connectivity index (χ1) is 9.16. The number of carbonyl (C=O) groups excluding carboxylic acids is 1. The molecule has 0 saturated carbocycles. The molecule has 1 unspecified atom stereocenters. The monoisotopic (exact) mass is 276 g/mol. The van der Waals surface area contributed by atoms with E-state index in [0.717, 1.165) is 21.8 Å². The van der Waals surface area contributed by atoms with Crippen molar-refractivity contribution in [2.75, 3.05) is 11.4 Å². The van der Waals surface area contributed by atoms with Gasteiger partial charge in [-0.3, -0.25) is 4.79 Å². The molecule has 2 aromatic rings. The van der Waals surface area contributed by atoms with Gasteiger partial charge in [-0.1, -0.05) is 23.5 Å². The highest BCUT2D eigenvalue weighted by atomic mass is 32.1. The van der Waals surface area contributed by atoms with Crippen LogP contribution in [0, 0.1) is 0 Å². The van der Waals surface area contributed by atoms with Gasteiger partial charge in [-0.05, 0) is 25.0 Å². The summed E-state index contributed by atoms with van der Waals surface area (Å²) in [4.78, 5) is 28.8. The molecule has 5 nitrogen and oxygen atoms in total. The second-order valence-electron chi connectivity index (χ2n) is 4.48. The summed E-state index contributed by atoms with van der Waals surface area (Å²) in [5.41, 5.74) is 0.885. The number of aromatic nitrogens is 1. The number of hydrogen-bond acceptors (Lipinski definition) is 5. The van der Waals surface area contributed by atoms with Gasteiger partial charge in [-0.15, -0.1) is 0 Å². The number of benzene rings is 1. The molecular weight excluding hydrogens is 264 g/mol. The first kappa shape index (κ1) is 12.1. The number of carboxylic acids is 1. The van der Waals surface area contributed by atoms with Crippen molar-refractivity contribution in [3.63, 3.8) is 0 Å². The van der Waals surface area contributed by atoms with Crippen LogP contribution in [-0.4, -0.2) is 34.4 Å². The second-order valence-corrected chi connectivity index (χ2v) is 5.49. The molecule has 1 aliphatic heterocycles. The lowest BCUT2D eigenvalue weighted by molar-refractivity contribution is -0.149. The Labute approximate surface area is 113 Å². The molecule has 1 saturated heterocycles. The minimum Gasteiger partial charge on any atom is -0.475 e. The van der Waals surface area contributed by atoms with Crippen LogP contribution in [0.5, 0.6) is 0 Å². The van der Waals surface area contributed by atoms with E-state index in [2.05, 4.69) is 4.98 Å². The lowest BCUT2D eigenvalue weighted by Crippen LogP contribution is -2.39. The number of Topliss-reactive ketones (excluding diaryl/α,β-unsaturated/α-hetero) is 1. The Morgan fingerprint density at radius 1 is 1.37 bits per heavy atom. The summed E-state index contributed by atoms with van der Waals surface area (Å²) >= 11 is 1.50. The minimum atomic E-state index is -1.36. The highest BCUT2D eigenvalue weighted by molar-refractivity contribution is 7.22. The molecule has 0 aliphatic carbocycles. The number of carboxylic acid groups (broad SMARTS) is 1. The zero-order chi connectivity index (χ0) is 13.4. The van der Waals surface area contributed by atoms with E-state index in [9.17, 15) is 9.59 Å². The van der Waals surface area contributed by atoms with Gasteiger partial charge >= 0.3 is 5.97 Å². The van der Waals surface area contributed by atoms with Gasteiger partial charge < -0.3 is 10.0 Å². The molecule has 1 aromatic heterocycles. The summed E-state index contributed by atoms with van der Waals surface area (Å²) < 4.78 is 1.05. The first-order valence-electron chi connectivity index (χ1n) is 6.06. The number of anilines is 1. The molecule has 0 amide bonds. The normalized spacial score (nSPS) is 18.9. The summed E-state index contributed by atoms with van der Waals surface area (Å²) in [7, 11) is 0. The van der Waals surface area contributed by atoms with Crippen LogP contribution in [0.4, 0.5) is 5.13 Å². The summed E-state index contributed by atoms with van der Waals surface area (Å²) in [6, 6.07) is 7.17. The maximum absolute atomic E-state index is 11.7. The summed E-state index contributed by atoms with van der Waals surface area (Å²) in [5, 5.41) is 9.59. The fourth-order valence-corrected chi connectivity index (χ4v) is 3.44. The van der Waals surface area contributed by atoms with Crippen LogP contribution in [0.15, 0.2) is 24.3 Å². The molecule has 1 aromatic carbocycles. The number of nitrogens with zero attached hydrogens (tertiary/aromatic N) is 2. The number of hydrogen-bond donors (Lipinski definition) is 1. The average molecular weight is 276 g/mol. The number of ketones is 1. The molecule has 6 heteroatoms. The average Bonchev–Trinajstić information content (AvgIpc) is 3.03. The number of fused-ring (bicyclic) bond motifs is 1. The number of carbonyl (C=O) groups is 2. The molecule has 1 aliphatic rings. The van der Waals surface area contributed by atoms with Gasteiger partial charge in [0.1, 0.15) is 6.04 Å². The van der Waals surface area contributed by atoms with Gasteiger partial charge in [-0.2, -0.15) is 0 Å². The number of rotatable bonds is 3. The quantitative estimate of drug-likeness (QED) is 0.867. The van der Waals surface area contributed by atoms with E-state index >= 15 is 0 Å². The second kappa shape index (κ2) is 4.62. The van der Waals surface area contributed by atoms with E-state index in [0.29, 0.717) is 13.0 Å². The Bertz CT molecular complexity index is 619. The zero-order valence-electron chi connectivity index (χ0n) is 10.1. The van der Waals surface area contributed by atoms with Gasteiger partial charge in [0, 0.05) is 6.54 Å². The number of aliphatic carboxylic acids is 1. The van der Waals surface area contributed by atoms with E-state index in [1.165, 1.54) is 11.3 Å². The van der Waals surface area contributed by atoms with Crippen LogP contribution in [0.1, 0.15) is 12.8 Å². The Balaban J connectivity index is 1.96. The largest absolute Gasteiger partial charge is 0.475 e. The predicted octanol–water partition coefficient (Wildman–Crippen LogP) is 1.92. The Morgan fingerprint density at radius 2 is 2.16 bits per heavy atom. The molecule has 19 heavy (non-hydrogen) atoms. The van der Waals surface area contributed by atoms with E-state index in [1.54, 1.807) is 0 Å². The van der Waals surface area contributed by atoms with Crippen LogP contribution < -0.4 is 4.90 Å². The van der Waals surface area contributed by atoms with Crippen molar-refractivity contribution in [2.24, 2.45) is 0 Å². The first-order valence-corrected chi connectivity index (χ1v) is 6.88. The zero-order valence-corrected chi connectivity index (χ0v) is 10.9. The van der Waals surface area contributed by atoms with Gasteiger partial charge in [0.05, 0.1) is 10.2 Å². The van der Waals surface area contributed by atoms with Gasteiger partial charge in [0.2, 0.25) is 0 Å². The van der Waals surface area contributed by atoms with Crippen LogP contribution in [0.3, 0.4) is 0 Å². The third kappa shape index (κ3) is 2.08. The highest BCUT2D eigenvalue weighted by Crippen LogP contribution is 2.33. The van der Waals surface area contributed by atoms with Crippen molar-refractivity contribution in [3.8, 4) is 0 Å². The topological polar surface area (TPSA) is 70.5 Å². The molecular formula is C13H12N2O3S. The lowest BCUT2D eigenvalue weighted by atomic mass is 10.1. The van der Waals surface area contributed by atoms with Crippen molar-refractivity contribution in [3.05, 3.63) is 24.3 Å². The fourth-order valence-electron chi connectivity index (χ4n) is 2.39. The van der Waals surface area contributed by atoms with Gasteiger partial charge in [0.15, 0.2) is 5.13 Å². The van der Waals surface area contributed by atoms with Crippen molar-refractivity contribution in [1.82, 2.24) is 4.98 Å². The van der Waals surface area contributed by atoms with E-state index in [4.69, 9.17) is 5.11 Å². The Hall–Kier alpha value is -1.95. The Morgan fingerprint density at radius 3 is 2.89 bits per heavy atom. The highest BCUT2D eigenvalue weighted by Gasteiger charge is 2.35. The number of para-hydroxylation sites is 1. The molecule has 1 atom stereocenters. The molecule has 98 valence electrons. The van der Waals surface area contributed by atoms with Crippen molar-refractivity contribution in [2.45, 2.75) is 18.9 Å². The van der Waals surface area contributed by atoms with Gasteiger partial charge in [-0.25, -0.2) is 9.78 Å². The fraction of sp³-hybridized carbons (Fsp3) is 0.308. The molecule has 0 radical (unpaired) electrons. The Kier molecular flexibility index (Phi) is 2.94. The molecule has 0 spiro atoms. The van der Waals surface area contributed by atoms with Crippen molar-refractivity contribution < 1.29 is 14.7 Å². The maximum Gasteiger partial charge on any atom is 0.374 e. The van der Waals surface area contributed by atoms with E-state index in [1.807, 2.05) is 29.2 Å². The molecule has 2 heterocycles. The van der Waals surface area contributed by atoms with Crippen LogP contribution in [-0.2, 0) is 9.59 Å². The van der Waals surface area contributed by atoms with Crippen molar-refractivity contribution in [1.29, 1.82) is 0 Å². The third-order valence-corrected chi connectivity index (χ3v) is 4.37. The van der Waals surface area contributed by atoms with Gasteiger partial charge in [0.25, 0.3) is 5.78 Å². The summed E-state index contributed by atoms with van der Waals surface area (Å²) in [6.45, 7) is 0.684. The molecule has 1 N–H and O–H groups in total.